The lowest BCUT2D eigenvalue weighted by atomic mass is 9.86. The van der Waals surface area contributed by atoms with Gasteiger partial charge in [-0.25, -0.2) is 4.98 Å². The van der Waals surface area contributed by atoms with Crippen molar-refractivity contribution in [2.45, 2.75) is 59.5 Å². The van der Waals surface area contributed by atoms with E-state index in [4.69, 9.17) is 4.74 Å². The normalized spacial score (nSPS) is 11.4. The number of ether oxygens (including phenoxy) is 1. The Bertz CT molecular complexity index is 699. The van der Waals surface area contributed by atoms with E-state index in [2.05, 4.69) is 22.4 Å². The number of hydrogen-bond donors (Lipinski definition) is 1. The number of pyridine rings is 1. The van der Waals surface area contributed by atoms with Crippen LogP contribution in [0.3, 0.4) is 0 Å². The zero-order chi connectivity index (χ0) is 19.5. The number of nitrogens with one attached hydrogen (secondary N) is 1. The van der Waals surface area contributed by atoms with Gasteiger partial charge >= 0.3 is 0 Å². The van der Waals surface area contributed by atoms with Crippen LogP contribution >= 0.6 is 0 Å². The van der Waals surface area contributed by atoms with Gasteiger partial charge in [0.15, 0.2) is 0 Å². The first-order valence-electron chi connectivity index (χ1n) is 9.84. The third kappa shape index (κ3) is 7.92. The van der Waals surface area contributed by atoms with Gasteiger partial charge in [-0.05, 0) is 37.5 Å². The zero-order valence-electron chi connectivity index (χ0n) is 16.8. The number of carbonyl (C=O) groups is 1. The smallest absolute Gasteiger partial charge is 0.231 e. The van der Waals surface area contributed by atoms with Crippen molar-refractivity contribution in [1.82, 2.24) is 4.98 Å². The van der Waals surface area contributed by atoms with Crippen LogP contribution in [0.1, 0.15) is 57.2 Å². The van der Waals surface area contributed by atoms with Crippen molar-refractivity contribution in [2.75, 3.05) is 11.9 Å². The first-order valence-corrected chi connectivity index (χ1v) is 9.84. The molecule has 0 aliphatic heterocycles. The van der Waals surface area contributed by atoms with Crippen molar-refractivity contribution in [2.24, 2.45) is 5.41 Å². The highest BCUT2D eigenvalue weighted by molar-refractivity contribution is 5.93. The molecule has 0 bridgehead atoms. The number of carbonyl (C=O) groups excluding carboxylic acids is 1. The van der Waals surface area contributed by atoms with Gasteiger partial charge in [0.2, 0.25) is 5.91 Å². The highest BCUT2D eigenvalue weighted by atomic mass is 16.5. The van der Waals surface area contributed by atoms with Gasteiger partial charge < -0.3 is 10.1 Å². The molecule has 1 amide bonds. The van der Waals surface area contributed by atoms with Gasteiger partial charge in [0.05, 0.1) is 6.61 Å². The van der Waals surface area contributed by atoms with Gasteiger partial charge in [0, 0.05) is 17.7 Å². The van der Waals surface area contributed by atoms with Crippen molar-refractivity contribution in [3.05, 3.63) is 59.8 Å². The number of rotatable bonds is 11. The number of amides is 1. The molecular weight excluding hydrogens is 336 g/mol. The summed E-state index contributed by atoms with van der Waals surface area (Å²) in [6.07, 6.45) is 5.22. The number of unbranched alkanes of at least 4 members (excludes halogenated alkanes) is 3. The largest absolute Gasteiger partial charge is 0.377 e. The number of benzene rings is 1. The molecule has 0 atom stereocenters. The Morgan fingerprint density at radius 2 is 1.74 bits per heavy atom. The number of nitrogens with zero attached hydrogens (tertiary/aromatic N) is 1. The Hall–Kier alpha value is -2.20. The summed E-state index contributed by atoms with van der Waals surface area (Å²) < 4.78 is 5.71. The molecule has 0 radical (unpaired) electrons. The van der Waals surface area contributed by atoms with E-state index in [1.165, 1.54) is 5.56 Å². The number of hydrogen-bond acceptors (Lipinski definition) is 3. The van der Waals surface area contributed by atoms with Crippen LogP contribution in [-0.4, -0.2) is 17.5 Å². The van der Waals surface area contributed by atoms with Gasteiger partial charge in [-0.1, -0.05) is 69.5 Å². The molecule has 0 spiro atoms. The van der Waals surface area contributed by atoms with Crippen LogP contribution in [0.5, 0.6) is 0 Å². The molecule has 4 heteroatoms. The van der Waals surface area contributed by atoms with Gasteiger partial charge in [-0.2, -0.15) is 0 Å². The topological polar surface area (TPSA) is 51.2 Å². The lowest BCUT2D eigenvalue weighted by Gasteiger charge is -2.23. The second kappa shape index (κ2) is 10.8. The van der Waals surface area contributed by atoms with Crippen molar-refractivity contribution in [3.8, 4) is 0 Å². The maximum atomic E-state index is 12.5. The molecule has 0 saturated carbocycles. The first kappa shape index (κ1) is 21.1. The zero-order valence-corrected chi connectivity index (χ0v) is 16.8. The number of anilines is 1. The Morgan fingerprint density at radius 1 is 1.00 bits per heavy atom. The van der Waals surface area contributed by atoms with E-state index >= 15 is 0 Å². The summed E-state index contributed by atoms with van der Waals surface area (Å²) in [6, 6.07) is 15.9. The molecule has 1 aromatic carbocycles. The molecule has 0 aliphatic rings. The fourth-order valence-corrected chi connectivity index (χ4v) is 2.90. The molecule has 1 heterocycles. The second-order valence-electron chi connectivity index (χ2n) is 7.70. The summed E-state index contributed by atoms with van der Waals surface area (Å²) in [4.78, 5) is 16.9. The molecule has 4 nitrogen and oxygen atoms in total. The Balaban J connectivity index is 1.57. The minimum atomic E-state index is -0.394. The summed E-state index contributed by atoms with van der Waals surface area (Å²) >= 11 is 0. The average molecular weight is 369 g/mol. The molecule has 0 saturated heterocycles. The molecule has 1 aromatic heterocycles. The SMILES string of the molecule is Cc1cccc(NC(=O)C(C)(C)CCCCCCOCc2ccccc2)n1. The van der Waals surface area contributed by atoms with Crippen molar-refractivity contribution in [3.63, 3.8) is 0 Å². The molecular formula is C23H32N2O2. The van der Waals surface area contributed by atoms with Gasteiger partial charge in [0.25, 0.3) is 0 Å². The van der Waals surface area contributed by atoms with Crippen LogP contribution in [0, 0.1) is 12.3 Å². The minimum absolute atomic E-state index is 0.0341. The van der Waals surface area contributed by atoms with Crippen LogP contribution in [-0.2, 0) is 16.1 Å². The van der Waals surface area contributed by atoms with E-state index in [9.17, 15) is 4.79 Å². The summed E-state index contributed by atoms with van der Waals surface area (Å²) in [7, 11) is 0. The fraction of sp³-hybridized carbons (Fsp3) is 0.478. The molecule has 1 N–H and O–H groups in total. The van der Waals surface area contributed by atoms with E-state index in [-0.39, 0.29) is 5.91 Å². The van der Waals surface area contributed by atoms with Gasteiger partial charge in [0.1, 0.15) is 5.82 Å². The number of aryl methyl sites for hydroxylation is 1. The second-order valence-corrected chi connectivity index (χ2v) is 7.70. The van der Waals surface area contributed by atoms with Crippen LogP contribution in [0.4, 0.5) is 5.82 Å². The summed E-state index contributed by atoms with van der Waals surface area (Å²) in [6.45, 7) is 7.39. The number of aromatic nitrogens is 1. The summed E-state index contributed by atoms with van der Waals surface area (Å²) in [5.74, 6) is 0.662. The highest BCUT2D eigenvalue weighted by Gasteiger charge is 2.27. The van der Waals surface area contributed by atoms with E-state index < -0.39 is 5.41 Å². The molecule has 0 fully saturated rings. The Morgan fingerprint density at radius 3 is 2.48 bits per heavy atom. The first-order chi connectivity index (χ1) is 13.0. The molecule has 27 heavy (non-hydrogen) atoms. The maximum Gasteiger partial charge on any atom is 0.231 e. The average Bonchev–Trinajstić information content (AvgIpc) is 2.64. The van der Waals surface area contributed by atoms with E-state index in [1.54, 1.807) is 0 Å². The third-order valence-electron chi connectivity index (χ3n) is 4.70. The molecule has 146 valence electrons. The van der Waals surface area contributed by atoms with Crippen LogP contribution in [0.15, 0.2) is 48.5 Å². The summed E-state index contributed by atoms with van der Waals surface area (Å²) in [5, 5.41) is 2.94. The molecule has 2 aromatic rings. The maximum absolute atomic E-state index is 12.5. The van der Waals surface area contributed by atoms with Crippen LogP contribution < -0.4 is 5.32 Å². The van der Waals surface area contributed by atoms with Gasteiger partial charge in [-0.15, -0.1) is 0 Å². The fourth-order valence-electron chi connectivity index (χ4n) is 2.90. The van der Waals surface area contributed by atoms with Crippen molar-refractivity contribution in [1.29, 1.82) is 0 Å². The predicted octanol–water partition coefficient (Wildman–Crippen LogP) is 5.52. The standard InChI is InChI=1S/C23H32N2O2/c1-19-12-11-15-21(24-19)25-22(26)23(2,3)16-9-4-5-10-17-27-18-20-13-7-6-8-14-20/h6-8,11-15H,4-5,9-10,16-18H2,1-3H3,(H,24,25,26). The van der Waals surface area contributed by atoms with Crippen LogP contribution in [0.2, 0.25) is 0 Å². The Labute approximate surface area is 163 Å². The van der Waals surface area contributed by atoms with Gasteiger partial charge in [-0.3, -0.25) is 4.79 Å². The third-order valence-corrected chi connectivity index (χ3v) is 4.70. The van der Waals surface area contributed by atoms with E-state index in [0.29, 0.717) is 12.4 Å². The summed E-state index contributed by atoms with van der Waals surface area (Å²) in [5.41, 5.74) is 1.73. The Kier molecular flexibility index (Phi) is 8.46. The predicted molar refractivity (Wildman–Crippen MR) is 111 cm³/mol. The monoisotopic (exact) mass is 368 g/mol. The van der Waals surface area contributed by atoms with E-state index in [1.807, 2.05) is 57.2 Å². The minimum Gasteiger partial charge on any atom is -0.377 e. The highest BCUT2D eigenvalue weighted by Crippen LogP contribution is 2.25. The molecule has 2 rings (SSSR count). The quantitative estimate of drug-likeness (QED) is 0.531. The lowest BCUT2D eigenvalue weighted by molar-refractivity contribution is -0.124. The lowest BCUT2D eigenvalue weighted by Crippen LogP contribution is -2.31. The van der Waals surface area contributed by atoms with Crippen molar-refractivity contribution >= 4 is 11.7 Å². The molecule has 0 unspecified atom stereocenters. The van der Waals surface area contributed by atoms with E-state index in [0.717, 1.165) is 44.4 Å². The van der Waals surface area contributed by atoms with Crippen LogP contribution in [0.25, 0.3) is 0 Å². The molecule has 0 aliphatic carbocycles. The van der Waals surface area contributed by atoms with Crippen molar-refractivity contribution < 1.29 is 9.53 Å².